The van der Waals surface area contributed by atoms with Crippen molar-refractivity contribution in [3.05, 3.63) is 0 Å². The third-order valence-electron chi connectivity index (χ3n) is 3.62. The number of carboxylic acid groups (broad SMARTS) is 1. The van der Waals surface area contributed by atoms with Gasteiger partial charge in [0.15, 0.2) is 0 Å². The van der Waals surface area contributed by atoms with E-state index in [4.69, 9.17) is 5.11 Å². The lowest BCUT2D eigenvalue weighted by Gasteiger charge is -2.23. The van der Waals surface area contributed by atoms with Crippen LogP contribution >= 0.6 is 0 Å². The van der Waals surface area contributed by atoms with Gasteiger partial charge >= 0.3 is 5.97 Å². The fraction of sp³-hybridized carbons (Fsp3) is 0.909. The molecule has 3 heteroatoms. The lowest BCUT2D eigenvalue weighted by molar-refractivity contribution is -0.138. The monoisotopic (exact) mass is 197 g/mol. The van der Waals surface area contributed by atoms with E-state index in [2.05, 4.69) is 4.90 Å². The van der Waals surface area contributed by atoms with Crippen molar-refractivity contribution >= 4 is 5.97 Å². The zero-order valence-corrected chi connectivity index (χ0v) is 8.61. The van der Waals surface area contributed by atoms with Crippen LogP contribution < -0.4 is 0 Å². The highest BCUT2D eigenvalue weighted by molar-refractivity contribution is 5.67. The van der Waals surface area contributed by atoms with Gasteiger partial charge in [-0.05, 0) is 31.7 Å². The molecule has 0 radical (unpaired) electrons. The Morgan fingerprint density at radius 2 is 2.00 bits per heavy atom. The van der Waals surface area contributed by atoms with Gasteiger partial charge in [-0.1, -0.05) is 12.8 Å². The molecular weight excluding hydrogens is 178 g/mol. The predicted molar refractivity (Wildman–Crippen MR) is 54.2 cm³/mol. The normalized spacial score (nSPS) is 29.9. The number of hydrogen-bond donors (Lipinski definition) is 1. The van der Waals surface area contributed by atoms with Crippen LogP contribution in [0.3, 0.4) is 0 Å². The molecule has 1 heterocycles. The van der Waals surface area contributed by atoms with Crippen molar-refractivity contribution in [2.75, 3.05) is 13.1 Å². The lowest BCUT2D eigenvalue weighted by Crippen LogP contribution is -2.31. The van der Waals surface area contributed by atoms with Crippen molar-refractivity contribution in [3.63, 3.8) is 0 Å². The smallest absolute Gasteiger partial charge is 0.303 e. The summed E-state index contributed by atoms with van der Waals surface area (Å²) >= 11 is 0. The standard InChI is InChI=1S/C11H19NO2/c13-11(14)7-9-5-6-12(8-9)10-3-1-2-4-10/h9-10H,1-8H2,(H,13,14). The maximum Gasteiger partial charge on any atom is 0.303 e. The first kappa shape index (κ1) is 9.97. The van der Waals surface area contributed by atoms with E-state index in [1.807, 2.05) is 0 Å². The van der Waals surface area contributed by atoms with Crippen LogP contribution in [0.5, 0.6) is 0 Å². The van der Waals surface area contributed by atoms with E-state index in [-0.39, 0.29) is 0 Å². The minimum Gasteiger partial charge on any atom is -0.481 e. The van der Waals surface area contributed by atoms with Crippen LogP contribution in [-0.4, -0.2) is 35.1 Å². The molecule has 1 atom stereocenters. The van der Waals surface area contributed by atoms with Gasteiger partial charge < -0.3 is 10.0 Å². The van der Waals surface area contributed by atoms with E-state index < -0.39 is 5.97 Å². The topological polar surface area (TPSA) is 40.5 Å². The number of carbonyl (C=O) groups is 1. The Morgan fingerprint density at radius 1 is 1.29 bits per heavy atom. The summed E-state index contributed by atoms with van der Waals surface area (Å²) in [5.41, 5.74) is 0. The molecule has 2 aliphatic rings. The van der Waals surface area contributed by atoms with Crippen LogP contribution in [0.2, 0.25) is 0 Å². The van der Waals surface area contributed by atoms with E-state index in [1.165, 1.54) is 25.7 Å². The highest BCUT2D eigenvalue weighted by Crippen LogP contribution is 2.29. The average Bonchev–Trinajstić information content (AvgIpc) is 2.69. The highest BCUT2D eigenvalue weighted by Gasteiger charge is 2.30. The molecule has 1 unspecified atom stereocenters. The molecule has 14 heavy (non-hydrogen) atoms. The molecule has 0 aromatic heterocycles. The minimum atomic E-state index is -0.636. The van der Waals surface area contributed by atoms with E-state index in [1.54, 1.807) is 0 Å². The molecule has 80 valence electrons. The number of hydrogen-bond acceptors (Lipinski definition) is 2. The molecule has 3 nitrogen and oxygen atoms in total. The quantitative estimate of drug-likeness (QED) is 0.749. The second kappa shape index (κ2) is 4.30. The van der Waals surface area contributed by atoms with Gasteiger partial charge in [0.25, 0.3) is 0 Å². The predicted octanol–water partition coefficient (Wildman–Crippen LogP) is 1.73. The second-order valence-corrected chi connectivity index (χ2v) is 4.69. The largest absolute Gasteiger partial charge is 0.481 e. The summed E-state index contributed by atoms with van der Waals surface area (Å²) in [4.78, 5) is 13.1. The SMILES string of the molecule is O=C(O)CC1CCN(C2CCCC2)C1. The number of nitrogens with zero attached hydrogens (tertiary/aromatic N) is 1. The van der Waals surface area contributed by atoms with Crippen molar-refractivity contribution < 1.29 is 9.90 Å². The third-order valence-corrected chi connectivity index (χ3v) is 3.62. The lowest BCUT2D eigenvalue weighted by atomic mass is 10.1. The summed E-state index contributed by atoms with van der Waals surface area (Å²) in [6.45, 7) is 2.15. The Labute approximate surface area is 85.1 Å². The number of carboxylic acids is 1. The van der Waals surface area contributed by atoms with E-state index in [0.717, 1.165) is 25.6 Å². The fourth-order valence-corrected chi connectivity index (χ4v) is 2.88. The molecule has 0 aromatic carbocycles. The zero-order chi connectivity index (χ0) is 9.97. The molecule has 1 saturated heterocycles. The van der Waals surface area contributed by atoms with Crippen molar-refractivity contribution in [1.82, 2.24) is 4.90 Å². The summed E-state index contributed by atoms with van der Waals surface area (Å²) in [7, 11) is 0. The Morgan fingerprint density at radius 3 is 2.64 bits per heavy atom. The van der Waals surface area contributed by atoms with Crippen LogP contribution in [0.4, 0.5) is 0 Å². The Kier molecular flexibility index (Phi) is 3.06. The minimum absolute atomic E-state index is 0.364. The molecule has 2 fully saturated rings. The van der Waals surface area contributed by atoms with Crippen molar-refractivity contribution in [2.24, 2.45) is 5.92 Å². The summed E-state index contributed by atoms with van der Waals surface area (Å²) in [6.07, 6.45) is 6.85. The molecule has 0 spiro atoms. The van der Waals surface area contributed by atoms with Crippen LogP contribution in [-0.2, 0) is 4.79 Å². The molecule has 1 aliphatic carbocycles. The zero-order valence-electron chi connectivity index (χ0n) is 8.61. The molecule has 2 rings (SSSR count). The molecule has 0 amide bonds. The van der Waals surface area contributed by atoms with Crippen LogP contribution in [0.15, 0.2) is 0 Å². The van der Waals surface area contributed by atoms with Crippen LogP contribution in [0, 0.1) is 5.92 Å². The van der Waals surface area contributed by atoms with Crippen LogP contribution in [0.25, 0.3) is 0 Å². The highest BCUT2D eigenvalue weighted by atomic mass is 16.4. The summed E-state index contributed by atoms with van der Waals surface area (Å²) in [5.74, 6) is -0.226. The van der Waals surface area contributed by atoms with Gasteiger partial charge in [0, 0.05) is 19.0 Å². The van der Waals surface area contributed by atoms with Gasteiger partial charge in [-0.15, -0.1) is 0 Å². The van der Waals surface area contributed by atoms with E-state index in [9.17, 15) is 4.79 Å². The molecule has 0 bridgehead atoms. The van der Waals surface area contributed by atoms with Crippen molar-refractivity contribution in [2.45, 2.75) is 44.6 Å². The summed E-state index contributed by atoms with van der Waals surface area (Å²) < 4.78 is 0. The van der Waals surface area contributed by atoms with Crippen molar-refractivity contribution in [1.29, 1.82) is 0 Å². The fourth-order valence-electron chi connectivity index (χ4n) is 2.88. The maximum atomic E-state index is 10.6. The van der Waals surface area contributed by atoms with Gasteiger partial charge in [0.2, 0.25) is 0 Å². The first-order chi connectivity index (χ1) is 6.75. The third kappa shape index (κ3) is 2.27. The van der Waals surface area contributed by atoms with Gasteiger partial charge in [0.05, 0.1) is 0 Å². The Hall–Kier alpha value is -0.570. The van der Waals surface area contributed by atoms with E-state index in [0.29, 0.717) is 12.3 Å². The first-order valence-electron chi connectivity index (χ1n) is 5.71. The summed E-state index contributed by atoms with van der Waals surface area (Å²) in [6, 6.07) is 0.772. The molecule has 1 N–H and O–H groups in total. The van der Waals surface area contributed by atoms with E-state index >= 15 is 0 Å². The van der Waals surface area contributed by atoms with Gasteiger partial charge in [-0.25, -0.2) is 0 Å². The van der Waals surface area contributed by atoms with Crippen LogP contribution in [0.1, 0.15) is 38.5 Å². The summed E-state index contributed by atoms with van der Waals surface area (Å²) in [5, 5.41) is 8.71. The maximum absolute atomic E-state index is 10.6. The number of aliphatic carboxylic acids is 1. The Balaban J connectivity index is 1.78. The molecular formula is C11H19NO2. The van der Waals surface area contributed by atoms with Gasteiger partial charge in [-0.3, -0.25) is 4.79 Å². The number of likely N-dealkylation sites (tertiary alicyclic amines) is 1. The molecule has 1 aliphatic heterocycles. The second-order valence-electron chi connectivity index (χ2n) is 4.69. The molecule has 1 saturated carbocycles. The molecule has 0 aromatic rings. The number of rotatable bonds is 3. The van der Waals surface area contributed by atoms with Gasteiger partial charge in [0.1, 0.15) is 0 Å². The van der Waals surface area contributed by atoms with Gasteiger partial charge in [-0.2, -0.15) is 0 Å². The Bertz CT molecular complexity index is 211. The average molecular weight is 197 g/mol. The first-order valence-corrected chi connectivity index (χ1v) is 5.71. The van der Waals surface area contributed by atoms with Crippen molar-refractivity contribution in [3.8, 4) is 0 Å².